The predicted molar refractivity (Wildman–Crippen MR) is 149 cm³/mol. The molecule has 4 heterocycles. The number of hydrogen-bond acceptors (Lipinski definition) is 5. The summed E-state index contributed by atoms with van der Waals surface area (Å²) in [7, 11) is 0. The monoisotopic (exact) mass is 499 g/mol. The van der Waals surface area contributed by atoms with Crippen LogP contribution in [-0.2, 0) is 13.1 Å². The predicted octanol–water partition coefficient (Wildman–Crippen LogP) is 4.78. The van der Waals surface area contributed by atoms with E-state index in [-0.39, 0.29) is 5.56 Å². The molecule has 3 aromatic carbocycles. The highest BCUT2D eigenvalue weighted by Gasteiger charge is 2.20. The lowest BCUT2D eigenvalue weighted by atomic mass is 10.1. The van der Waals surface area contributed by atoms with E-state index in [2.05, 4.69) is 45.1 Å². The quantitative estimate of drug-likeness (QED) is 0.331. The highest BCUT2D eigenvalue weighted by molar-refractivity contribution is 5.93. The molecule has 4 aromatic rings. The van der Waals surface area contributed by atoms with Crippen molar-refractivity contribution >= 4 is 22.8 Å². The molecule has 0 N–H and O–H groups in total. The van der Waals surface area contributed by atoms with Crippen LogP contribution in [0.5, 0.6) is 0 Å². The van der Waals surface area contributed by atoms with E-state index in [0.717, 1.165) is 52.1 Å². The molecule has 8 heteroatoms. The highest BCUT2D eigenvalue weighted by atomic mass is 16.1. The average molecular weight is 500 g/mol. The van der Waals surface area contributed by atoms with Crippen molar-refractivity contribution in [3.05, 3.63) is 119 Å². The topological polar surface area (TPSA) is 73.2 Å². The molecule has 0 saturated carbocycles. The highest BCUT2D eigenvalue weighted by Crippen LogP contribution is 2.28. The fraction of sp³-hybridized carbons (Fsp3) is 0.133. The minimum Gasteiger partial charge on any atom is -0.342 e. The fourth-order valence-electron chi connectivity index (χ4n) is 5.07. The van der Waals surface area contributed by atoms with Crippen molar-refractivity contribution < 1.29 is 0 Å². The van der Waals surface area contributed by atoms with Crippen molar-refractivity contribution in [1.82, 2.24) is 24.1 Å². The molecule has 0 unspecified atom stereocenters. The molecule has 38 heavy (non-hydrogen) atoms. The smallest absolute Gasteiger partial charge is 0.278 e. The Labute approximate surface area is 219 Å². The SMILES string of the molecule is O=c1c2cn(Cc3ccc(-n4cccn4)cc3)c3ccccc3c-2nn1Cc1ccc(N2CCC=N2)cc1. The number of rotatable bonds is 6. The standard InChI is InChI=1S/C30H25N7O/c38-30-27-21-34(19-22-7-11-24(12-8-22)35-17-3-15-31-35)28-6-2-1-5-26(28)29(27)33-37(30)20-23-9-13-25(14-10-23)36-18-4-16-32-36/h1-3,5-17,21H,4,18-20H2. The van der Waals surface area contributed by atoms with Gasteiger partial charge in [-0.3, -0.25) is 9.80 Å². The molecule has 186 valence electrons. The Hall–Kier alpha value is -4.98. The molecule has 1 aromatic heterocycles. The molecule has 0 spiro atoms. The van der Waals surface area contributed by atoms with Gasteiger partial charge in [-0.05, 0) is 47.5 Å². The Morgan fingerprint density at radius 3 is 2.32 bits per heavy atom. The molecule has 0 fully saturated rings. The average Bonchev–Trinajstić information content (AvgIpc) is 3.74. The Bertz CT molecular complexity index is 1780. The first-order chi connectivity index (χ1) is 18.7. The molecular weight excluding hydrogens is 474 g/mol. The number of nitrogens with zero attached hydrogens (tertiary/aromatic N) is 7. The number of hydrazone groups is 1. The van der Waals surface area contributed by atoms with E-state index in [1.54, 1.807) is 10.9 Å². The van der Waals surface area contributed by atoms with E-state index in [0.29, 0.717) is 18.7 Å². The van der Waals surface area contributed by atoms with Gasteiger partial charge in [0, 0.05) is 49.7 Å². The van der Waals surface area contributed by atoms with Gasteiger partial charge in [-0.2, -0.15) is 15.3 Å². The van der Waals surface area contributed by atoms with Gasteiger partial charge in [0.05, 0.1) is 29.0 Å². The molecule has 8 nitrogen and oxygen atoms in total. The van der Waals surface area contributed by atoms with Gasteiger partial charge >= 0.3 is 0 Å². The van der Waals surface area contributed by atoms with Crippen molar-refractivity contribution in [1.29, 1.82) is 0 Å². The third kappa shape index (κ3) is 3.96. The van der Waals surface area contributed by atoms with E-state index < -0.39 is 0 Å². The molecule has 0 aliphatic carbocycles. The van der Waals surface area contributed by atoms with Gasteiger partial charge in [0.15, 0.2) is 0 Å². The van der Waals surface area contributed by atoms with E-state index in [1.165, 1.54) is 0 Å². The minimum absolute atomic E-state index is 0.0817. The molecule has 3 aliphatic heterocycles. The summed E-state index contributed by atoms with van der Waals surface area (Å²) in [5, 5.41) is 16.4. The van der Waals surface area contributed by atoms with Gasteiger partial charge < -0.3 is 4.57 Å². The summed E-state index contributed by atoms with van der Waals surface area (Å²) >= 11 is 0. The van der Waals surface area contributed by atoms with Crippen LogP contribution in [0.2, 0.25) is 0 Å². The number of para-hydroxylation sites is 1. The molecule has 0 atom stereocenters. The summed E-state index contributed by atoms with van der Waals surface area (Å²) < 4.78 is 5.55. The first-order valence-corrected chi connectivity index (χ1v) is 12.7. The summed E-state index contributed by atoms with van der Waals surface area (Å²) in [4.78, 5) is 13.5. The summed E-state index contributed by atoms with van der Waals surface area (Å²) in [6.07, 6.45) is 8.53. The van der Waals surface area contributed by atoms with E-state index >= 15 is 0 Å². The van der Waals surface area contributed by atoms with Gasteiger partial charge in [-0.25, -0.2) is 9.36 Å². The Balaban J connectivity index is 1.22. The number of hydrogen-bond donors (Lipinski definition) is 0. The molecule has 0 amide bonds. The minimum atomic E-state index is -0.0817. The molecule has 0 bridgehead atoms. The van der Waals surface area contributed by atoms with Gasteiger partial charge in [-0.1, -0.05) is 42.5 Å². The zero-order chi connectivity index (χ0) is 25.5. The van der Waals surface area contributed by atoms with E-state index in [9.17, 15) is 4.79 Å². The molecule has 7 rings (SSSR count). The maximum Gasteiger partial charge on any atom is 0.278 e. The Kier molecular flexibility index (Phi) is 5.36. The van der Waals surface area contributed by atoms with Crippen molar-refractivity contribution in [3.8, 4) is 16.9 Å². The molecule has 3 aliphatic rings. The van der Waals surface area contributed by atoms with Gasteiger partial charge in [-0.15, -0.1) is 0 Å². The Morgan fingerprint density at radius 2 is 1.58 bits per heavy atom. The van der Waals surface area contributed by atoms with Crippen LogP contribution in [-0.4, -0.2) is 36.9 Å². The van der Waals surface area contributed by atoms with Gasteiger partial charge in [0.2, 0.25) is 0 Å². The van der Waals surface area contributed by atoms with Crippen LogP contribution < -0.4 is 10.6 Å². The number of benzene rings is 3. The molecule has 0 radical (unpaired) electrons. The third-order valence-corrected chi connectivity index (χ3v) is 7.01. The first-order valence-electron chi connectivity index (χ1n) is 12.7. The number of fused-ring (bicyclic) bond motifs is 3. The normalized spacial score (nSPS) is 13.2. The van der Waals surface area contributed by atoms with Crippen LogP contribution >= 0.6 is 0 Å². The number of anilines is 1. The zero-order valence-corrected chi connectivity index (χ0v) is 20.7. The molecular formula is C30H25N7O. The van der Waals surface area contributed by atoms with Crippen LogP contribution in [0.4, 0.5) is 5.69 Å². The first kappa shape index (κ1) is 22.2. The van der Waals surface area contributed by atoms with Gasteiger partial charge in [0.1, 0.15) is 5.69 Å². The van der Waals surface area contributed by atoms with Gasteiger partial charge in [0.25, 0.3) is 5.56 Å². The molecule has 0 saturated heterocycles. The lowest BCUT2D eigenvalue weighted by Crippen LogP contribution is -2.18. The summed E-state index contributed by atoms with van der Waals surface area (Å²) in [5.74, 6) is 0. The Morgan fingerprint density at radius 1 is 0.816 bits per heavy atom. The van der Waals surface area contributed by atoms with E-state index in [4.69, 9.17) is 5.10 Å². The summed E-state index contributed by atoms with van der Waals surface area (Å²) in [6, 6.07) is 26.5. The lowest BCUT2D eigenvalue weighted by Gasteiger charge is -2.14. The second-order valence-corrected chi connectivity index (χ2v) is 9.49. The van der Waals surface area contributed by atoms with Crippen LogP contribution in [0.1, 0.15) is 17.5 Å². The largest absolute Gasteiger partial charge is 0.342 e. The van der Waals surface area contributed by atoms with Crippen LogP contribution in [0.3, 0.4) is 0 Å². The second-order valence-electron chi connectivity index (χ2n) is 9.49. The van der Waals surface area contributed by atoms with Crippen molar-refractivity contribution in [3.63, 3.8) is 0 Å². The summed E-state index contributed by atoms with van der Waals surface area (Å²) in [6.45, 7) is 1.96. The lowest BCUT2D eigenvalue weighted by molar-refractivity contribution is 0.669. The second kappa shape index (κ2) is 9.15. The van der Waals surface area contributed by atoms with Crippen molar-refractivity contribution in [2.45, 2.75) is 19.5 Å². The number of aromatic nitrogens is 5. The third-order valence-electron chi connectivity index (χ3n) is 7.01. The van der Waals surface area contributed by atoms with Crippen molar-refractivity contribution in [2.75, 3.05) is 11.6 Å². The number of pyridine rings is 1. The summed E-state index contributed by atoms with van der Waals surface area (Å²) in [5.41, 5.74) is 6.54. The van der Waals surface area contributed by atoms with Crippen LogP contribution in [0.15, 0.2) is 107 Å². The maximum atomic E-state index is 13.5. The maximum absolute atomic E-state index is 13.5. The van der Waals surface area contributed by atoms with Crippen LogP contribution in [0.25, 0.3) is 27.8 Å². The zero-order valence-electron chi connectivity index (χ0n) is 20.7. The van der Waals surface area contributed by atoms with Crippen molar-refractivity contribution in [2.24, 2.45) is 5.10 Å². The fourth-order valence-corrected chi connectivity index (χ4v) is 5.07. The van der Waals surface area contributed by atoms with Crippen LogP contribution in [0, 0.1) is 0 Å². The van der Waals surface area contributed by atoms with E-state index in [1.807, 2.05) is 76.8 Å².